The number of nitrogens with one attached hydrogen (secondary N) is 1. The number of nitrogens with zero attached hydrogens (tertiary/aromatic N) is 2. The molecule has 1 aromatic carbocycles. The number of hydrogen-bond donors (Lipinski definition) is 1. The Hall–Kier alpha value is -3.49. The molecule has 9 nitrogen and oxygen atoms in total. The molecule has 1 aromatic heterocycles. The maximum absolute atomic E-state index is 12.1. The number of para-hydroxylation sites is 1. The molecule has 1 heterocycles. The van der Waals surface area contributed by atoms with Crippen molar-refractivity contribution in [2.24, 2.45) is 0 Å². The van der Waals surface area contributed by atoms with E-state index >= 15 is 0 Å². The molecule has 0 unspecified atom stereocenters. The normalized spacial score (nSPS) is 10.0. The van der Waals surface area contributed by atoms with Crippen LogP contribution in [0.25, 0.3) is 0 Å². The Morgan fingerprint density at radius 1 is 1.25 bits per heavy atom. The van der Waals surface area contributed by atoms with Gasteiger partial charge in [0.25, 0.3) is 11.2 Å². The van der Waals surface area contributed by atoms with Gasteiger partial charge in [0.05, 0.1) is 29.5 Å². The first-order valence-electron chi connectivity index (χ1n) is 6.74. The number of aromatic nitrogens is 1. The molecule has 124 valence electrons. The second-order valence-electron chi connectivity index (χ2n) is 4.70. The van der Waals surface area contributed by atoms with Crippen molar-refractivity contribution in [3.8, 4) is 0 Å². The monoisotopic (exact) mass is 331 g/mol. The van der Waals surface area contributed by atoms with E-state index in [-0.39, 0.29) is 16.9 Å². The standard InChI is InChI=1S/C15H13N3O6/c1-24-15(21)11-4-2-3-5-12(11)16-13(19)9-17-8-10(18(22)23)6-7-14(17)20/h2-8H,9H2,1H3,(H,16,19). The third-order valence-corrected chi connectivity index (χ3v) is 3.10. The number of rotatable bonds is 5. The van der Waals surface area contributed by atoms with Crippen LogP contribution in [0.2, 0.25) is 0 Å². The lowest BCUT2D eigenvalue weighted by molar-refractivity contribution is -0.385. The Morgan fingerprint density at radius 2 is 1.96 bits per heavy atom. The second-order valence-corrected chi connectivity index (χ2v) is 4.70. The van der Waals surface area contributed by atoms with Gasteiger partial charge in [-0.3, -0.25) is 24.3 Å². The summed E-state index contributed by atoms with van der Waals surface area (Å²) >= 11 is 0. The Labute approximate surface area is 135 Å². The van der Waals surface area contributed by atoms with Gasteiger partial charge in [0.2, 0.25) is 5.91 Å². The number of carbonyl (C=O) groups excluding carboxylic acids is 2. The van der Waals surface area contributed by atoms with Gasteiger partial charge in [-0.1, -0.05) is 12.1 Å². The molecule has 0 radical (unpaired) electrons. The number of esters is 1. The fourth-order valence-corrected chi connectivity index (χ4v) is 1.97. The van der Waals surface area contributed by atoms with Crippen LogP contribution < -0.4 is 10.9 Å². The Bertz CT molecular complexity index is 858. The molecule has 0 fully saturated rings. The topological polar surface area (TPSA) is 121 Å². The minimum absolute atomic E-state index is 0.153. The highest BCUT2D eigenvalue weighted by molar-refractivity contribution is 6.01. The van der Waals surface area contributed by atoms with E-state index in [0.29, 0.717) is 0 Å². The van der Waals surface area contributed by atoms with Crippen LogP contribution in [0.5, 0.6) is 0 Å². The third kappa shape index (κ3) is 3.83. The van der Waals surface area contributed by atoms with Gasteiger partial charge in [0.15, 0.2) is 0 Å². The zero-order chi connectivity index (χ0) is 17.7. The number of pyridine rings is 1. The number of amides is 1. The van der Waals surface area contributed by atoms with Crippen LogP contribution in [0, 0.1) is 10.1 Å². The minimum atomic E-state index is -0.666. The van der Waals surface area contributed by atoms with Crippen LogP contribution in [-0.2, 0) is 16.1 Å². The molecule has 0 atom stereocenters. The molecule has 0 aliphatic carbocycles. The summed E-state index contributed by atoms with van der Waals surface area (Å²) < 4.78 is 5.53. The zero-order valence-corrected chi connectivity index (χ0v) is 12.6. The quantitative estimate of drug-likeness (QED) is 0.499. The maximum Gasteiger partial charge on any atom is 0.339 e. The van der Waals surface area contributed by atoms with Gasteiger partial charge in [-0.15, -0.1) is 0 Å². The predicted molar refractivity (Wildman–Crippen MR) is 83.8 cm³/mol. The number of nitro groups is 1. The lowest BCUT2D eigenvalue weighted by Gasteiger charge is -2.10. The Balaban J connectivity index is 2.21. The molecule has 9 heteroatoms. The van der Waals surface area contributed by atoms with Gasteiger partial charge in [0.1, 0.15) is 6.54 Å². The molecule has 0 aliphatic heterocycles. The van der Waals surface area contributed by atoms with E-state index in [0.717, 1.165) is 22.9 Å². The molecule has 2 rings (SSSR count). The molecule has 1 amide bonds. The van der Waals surface area contributed by atoms with Crippen LogP contribution >= 0.6 is 0 Å². The predicted octanol–water partition coefficient (Wildman–Crippen LogP) is 1.18. The molecular weight excluding hydrogens is 318 g/mol. The first-order valence-corrected chi connectivity index (χ1v) is 6.74. The van der Waals surface area contributed by atoms with Gasteiger partial charge in [-0.2, -0.15) is 0 Å². The largest absolute Gasteiger partial charge is 0.465 e. The van der Waals surface area contributed by atoms with Crippen molar-refractivity contribution >= 4 is 23.3 Å². The first kappa shape index (κ1) is 16.9. The van der Waals surface area contributed by atoms with E-state index in [1.54, 1.807) is 12.1 Å². The van der Waals surface area contributed by atoms with E-state index in [9.17, 15) is 24.5 Å². The van der Waals surface area contributed by atoms with E-state index in [2.05, 4.69) is 10.1 Å². The summed E-state index contributed by atoms with van der Waals surface area (Å²) in [4.78, 5) is 45.5. The average Bonchev–Trinajstić information content (AvgIpc) is 2.56. The molecular formula is C15H13N3O6. The summed E-state index contributed by atoms with van der Waals surface area (Å²) in [6.45, 7) is -0.435. The smallest absolute Gasteiger partial charge is 0.339 e. The van der Waals surface area contributed by atoms with E-state index in [4.69, 9.17) is 0 Å². The summed E-state index contributed by atoms with van der Waals surface area (Å²) in [7, 11) is 1.21. The van der Waals surface area contributed by atoms with Crippen LogP contribution in [0.3, 0.4) is 0 Å². The molecule has 0 saturated heterocycles. The number of hydrogen-bond acceptors (Lipinski definition) is 6. The number of methoxy groups -OCH3 is 1. The fraction of sp³-hybridized carbons (Fsp3) is 0.133. The SMILES string of the molecule is COC(=O)c1ccccc1NC(=O)Cn1cc([N+](=O)[O-])ccc1=O. The van der Waals surface area contributed by atoms with Gasteiger partial charge in [0, 0.05) is 12.1 Å². The molecule has 0 saturated carbocycles. The van der Waals surface area contributed by atoms with E-state index < -0.39 is 28.9 Å². The lowest BCUT2D eigenvalue weighted by Crippen LogP contribution is -2.27. The van der Waals surface area contributed by atoms with Crippen LogP contribution in [-0.4, -0.2) is 28.5 Å². The molecule has 0 bridgehead atoms. The van der Waals surface area contributed by atoms with Crippen LogP contribution in [0.4, 0.5) is 11.4 Å². The molecule has 0 spiro atoms. The lowest BCUT2D eigenvalue weighted by atomic mass is 10.2. The van der Waals surface area contributed by atoms with Crippen molar-refractivity contribution in [1.29, 1.82) is 0 Å². The van der Waals surface area contributed by atoms with Crippen molar-refractivity contribution in [3.63, 3.8) is 0 Å². The molecule has 0 aliphatic rings. The van der Waals surface area contributed by atoms with Gasteiger partial charge < -0.3 is 10.1 Å². The Morgan fingerprint density at radius 3 is 2.62 bits per heavy atom. The summed E-state index contributed by atoms with van der Waals surface area (Å²) in [6.07, 6.45) is 0.980. The van der Waals surface area contributed by atoms with Gasteiger partial charge in [-0.05, 0) is 12.1 Å². The number of ether oxygens (including phenoxy) is 1. The summed E-state index contributed by atoms with van der Waals surface area (Å²) in [5.41, 5.74) is -0.498. The van der Waals surface area contributed by atoms with Crippen molar-refractivity contribution in [3.05, 3.63) is 68.6 Å². The second kappa shape index (κ2) is 7.18. The van der Waals surface area contributed by atoms with Crippen molar-refractivity contribution in [2.45, 2.75) is 6.54 Å². The average molecular weight is 331 g/mol. The summed E-state index contributed by atoms with van der Waals surface area (Å²) in [6, 6.07) is 8.26. The summed E-state index contributed by atoms with van der Waals surface area (Å²) in [5, 5.41) is 13.2. The number of benzene rings is 1. The highest BCUT2D eigenvalue weighted by Gasteiger charge is 2.15. The maximum atomic E-state index is 12.1. The molecule has 2 aromatic rings. The number of carbonyl (C=O) groups is 2. The Kier molecular flexibility index (Phi) is 5.05. The minimum Gasteiger partial charge on any atom is -0.465 e. The third-order valence-electron chi connectivity index (χ3n) is 3.10. The van der Waals surface area contributed by atoms with Crippen molar-refractivity contribution in [2.75, 3.05) is 12.4 Å². The fourth-order valence-electron chi connectivity index (χ4n) is 1.97. The van der Waals surface area contributed by atoms with Crippen molar-refractivity contribution < 1.29 is 19.2 Å². The highest BCUT2D eigenvalue weighted by Crippen LogP contribution is 2.16. The van der Waals surface area contributed by atoms with Gasteiger partial charge in [-0.25, -0.2) is 4.79 Å². The van der Waals surface area contributed by atoms with Crippen LogP contribution in [0.1, 0.15) is 10.4 Å². The van der Waals surface area contributed by atoms with Gasteiger partial charge >= 0.3 is 5.97 Å². The number of anilines is 1. The van der Waals surface area contributed by atoms with E-state index in [1.165, 1.54) is 19.2 Å². The zero-order valence-electron chi connectivity index (χ0n) is 12.6. The van der Waals surface area contributed by atoms with Crippen molar-refractivity contribution in [1.82, 2.24) is 4.57 Å². The van der Waals surface area contributed by atoms with Crippen LogP contribution in [0.15, 0.2) is 47.4 Å². The van der Waals surface area contributed by atoms with E-state index in [1.807, 2.05) is 0 Å². The molecule has 24 heavy (non-hydrogen) atoms. The first-order chi connectivity index (χ1) is 11.4. The molecule has 1 N–H and O–H groups in total. The highest BCUT2D eigenvalue weighted by atomic mass is 16.6. The summed E-state index contributed by atoms with van der Waals surface area (Å²) in [5.74, 6) is -1.24.